The first-order chi connectivity index (χ1) is 36.5. The average molecular weight is 944 g/mol. The summed E-state index contributed by atoms with van der Waals surface area (Å²) in [6.07, 6.45) is 0. The van der Waals surface area contributed by atoms with E-state index in [0.29, 0.717) is 0 Å². The topological polar surface area (TPSA) is 13.1 Å². The second-order valence-electron chi connectivity index (χ2n) is 20.5. The van der Waals surface area contributed by atoms with Crippen molar-refractivity contribution in [2.24, 2.45) is 0 Å². The predicted octanol–water partition coefficient (Wildman–Crippen LogP) is 19.3. The molecular formula is C71H49N3. The number of para-hydroxylation sites is 2. The molecule has 0 radical (unpaired) electrons. The Morgan fingerprint density at radius 2 is 0.757 bits per heavy atom. The molecule has 0 fully saturated rings. The van der Waals surface area contributed by atoms with Crippen molar-refractivity contribution >= 4 is 82.2 Å². The van der Waals surface area contributed by atoms with Crippen LogP contribution in [-0.2, 0) is 5.41 Å². The van der Waals surface area contributed by atoms with E-state index in [1.807, 2.05) is 0 Å². The molecule has 0 N–H and O–H groups in total. The van der Waals surface area contributed by atoms with E-state index in [1.54, 1.807) is 0 Å². The van der Waals surface area contributed by atoms with Crippen molar-refractivity contribution in [1.29, 1.82) is 0 Å². The van der Waals surface area contributed by atoms with Crippen LogP contribution in [0.15, 0.2) is 261 Å². The first-order valence-electron chi connectivity index (χ1n) is 25.8. The van der Waals surface area contributed by atoms with Gasteiger partial charge in [-0.25, -0.2) is 0 Å². The molecule has 0 atom stereocenters. The van der Waals surface area contributed by atoms with Crippen molar-refractivity contribution in [2.45, 2.75) is 19.3 Å². The number of hydrogen-bond donors (Lipinski definition) is 0. The van der Waals surface area contributed by atoms with Gasteiger partial charge in [0.15, 0.2) is 0 Å². The van der Waals surface area contributed by atoms with Gasteiger partial charge in [-0.3, -0.25) is 0 Å². The molecule has 14 aromatic rings. The van der Waals surface area contributed by atoms with Gasteiger partial charge in [-0.2, -0.15) is 0 Å². The summed E-state index contributed by atoms with van der Waals surface area (Å²) in [4.78, 5) is 2.48. The Hall–Kier alpha value is -9.44. The summed E-state index contributed by atoms with van der Waals surface area (Å²) >= 11 is 0. The van der Waals surface area contributed by atoms with Gasteiger partial charge in [0.05, 0.1) is 27.8 Å². The van der Waals surface area contributed by atoms with E-state index in [4.69, 9.17) is 0 Å². The van der Waals surface area contributed by atoms with Crippen LogP contribution < -0.4 is 4.90 Å². The van der Waals surface area contributed by atoms with Gasteiger partial charge in [0.25, 0.3) is 0 Å². The van der Waals surface area contributed by atoms with E-state index >= 15 is 0 Å². The van der Waals surface area contributed by atoms with Gasteiger partial charge in [0, 0.05) is 49.7 Å². The minimum absolute atomic E-state index is 0.211. The third kappa shape index (κ3) is 6.33. The number of hydrogen-bond acceptors (Lipinski definition) is 1. The van der Waals surface area contributed by atoms with Gasteiger partial charge in [0.2, 0.25) is 0 Å². The molecule has 0 unspecified atom stereocenters. The fourth-order valence-electron chi connectivity index (χ4n) is 12.7. The lowest BCUT2D eigenvalue weighted by Gasteiger charge is -2.32. The Labute approximate surface area is 430 Å². The van der Waals surface area contributed by atoms with Crippen LogP contribution in [0.4, 0.5) is 17.1 Å². The molecule has 0 spiro atoms. The van der Waals surface area contributed by atoms with Crippen molar-refractivity contribution < 1.29 is 0 Å². The Balaban J connectivity index is 0.867. The zero-order valence-electron chi connectivity index (χ0n) is 41.2. The van der Waals surface area contributed by atoms with Gasteiger partial charge in [-0.05, 0) is 157 Å². The summed E-state index contributed by atoms with van der Waals surface area (Å²) in [6.45, 7) is 4.77. The number of benzene rings is 12. The molecule has 2 heterocycles. The van der Waals surface area contributed by atoms with Crippen molar-refractivity contribution in [1.82, 2.24) is 9.13 Å². The molecule has 1 aliphatic carbocycles. The Bertz CT molecular complexity index is 4300. The smallest absolute Gasteiger partial charge is 0.0547 e. The van der Waals surface area contributed by atoms with Gasteiger partial charge in [-0.1, -0.05) is 184 Å². The van der Waals surface area contributed by atoms with Gasteiger partial charge in [-0.15, -0.1) is 0 Å². The summed E-state index contributed by atoms with van der Waals surface area (Å²) in [7, 11) is 0. The first-order valence-corrected chi connectivity index (χ1v) is 25.8. The third-order valence-corrected chi connectivity index (χ3v) is 16.1. The standard InChI is InChI=1S/C71H49N3/c1-71(2)62-26-14-13-24-58(62)59-25-15-27-67(70(59)71)72(54-36-28-46(29-37-54)50-34-40-63-60(44-50)68-56-22-11-9-16-48(56)32-42-65(68)73(63)52-18-5-3-6-19-52)55-38-30-47(31-39-55)51-35-41-64-61(45-51)69-57-23-12-10-17-49(57)33-43-66(69)74(64)53-20-7-4-8-21-53/h3-45H,1-2H3. The fraction of sp³-hybridized carbons (Fsp3) is 0.0423. The Morgan fingerprint density at radius 1 is 0.324 bits per heavy atom. The highest BCUT2D eigenvalue weighted by Crippen LogP contribution is 2.54. The van der Waals surface area contributed by atoms with Gasteiger partial charge in [0.1, 0.15) is 0 Å². The molecule has 3 nitrogen and oxygen atoms in total. The van der Waals surface area contributed by atoms with Crippen LogP contribution in [0.25, 0.3) is 110 Å². The largest absolute Gasteiger partial charge is 0.310 e. The van der Waals surface area contributed by atoms with Crippen LogP contribution in [0, 0.1) is 0 Å². The van der Waals surface area contributed by atoms with E-state index in [0.717, 1.165) is 22.7 Å². The molecular weight excluding hydrogens is 895 g/mol. The summed E-state index contributed by atoms with van der Waals surface area (Å²) in [5.41, 5.74) is 20.4. The molecule has 74 heavy (non-hydrogen) atoms. The molecule has 348 valence electrons. The van der Waals surface area contributed by atoms with Gasteiger partial charge >= 0.3 is 0 Å². The summed E-state index contributed by atoms with van der Waals surface area (Å²) in [5.74, 6) is 0. The number of nitrogens with zero attached hydrogens (tertiary/aromatic N) is 3. The molecule has 3 heteroatoms. The highest BCUT2D eigenvalue weighted by atomic mass is 15.1. The normalized spacial score (nSPS) is 12.8. The SMILES string of the molecule is CC1(C)c2ccccc2-c2cccc(N(c3ccc(-c4ccc5c(c4)c4c6ccccc6ccc4n5-c4ccccc4)cc3)c3ccc(-c4ccc5c(c4)c4c6ccccc6ccc4n5-c4ccccc4)cc3)c21. The van der Waals surface area contributed by atoms with Crippen LogP contribution in [0.1, 0.15) is 25.0 Å². The lowest BCUT2D eigenvalue weighted by molar-refractivity contribution is 0.661. The van der Waals surface area contributed by atoms with E-state index in [9.17, 15) is 0 Å². The Morgan fingerprint density at radius 3 is 1.28 bits per heavy atom. The maximum Gasteiger partial charge on any atom is 0.0547 e. The molecule has 15 rings (SSSR count). The van der Waals surface area contributed by atoms with Crippen LogP contribution in [-0.4, -0.2) is 9.13 Å². The number of rotatable bonds is 7. The van der Waals surface area contributed by atoms with E-state index < -0.39 is 0 Å². The number of aromatic nitrogens is 2. The monoisotopic (exact) mass is 943 g/mol. The van der Waals surface area contributed by atoms with Crippen LogP contribution in [0.3, 0.4) is 0 Å². The zero-order chi connectivity index (χ0) is 49.1. The van der Waals surface area contributed by atoms with Crippen LogP contribution >= 0.6 is 0 Å². The lowest BCUT2D eigenvalue weighted by atomic mass is 9.81. The second-order valence-corrected chi connectivity index (χ2v) is 20.5. The highest BCUT2D eigenvalue weighted by Gasteiger charge is 2.38. The first kappa shape index (κ1) is 42.3. The number of fused-ring (bicyclic) bond motifs is 13. The van der Waals surface area contributed by atoms with E-state index in [-0.39, 0.29) is 5.41 Å². The zero-order valence-corrected chi connectivity index (χ0v) is 41.2. The fourth-order valence-corrected chi connectivity index (χ4v) is 12.7. The molecule has 0 aliphatic heterocycles. The van der Waals surface area contributed by atoms with E-state index in [2.05, 4.69) is 289 Å². The molecule has 0 amide bonds. The summed E-state index contributed by atoms with van der Waals surface area (Å²) in [6, 6.07) is 96.4. The maximum atomic E-state index is 2.48. The van der Waals surface area contributed by atoms with Crippen molar-refractivity contribution in [2.75, 3.05) is 4.90 Å². The van der Waals surface area contributed by atoms with Crippen molar-refractivity contribution in [3.8, 4) is 44.8 Å². The maximum absolute atomic E-state index is 2.48. The Kier molecular flexibility index (Phi) is 9.31. The van der Waals surface area contributed by atoms with Gasteiger partial charge < -0.3 is 14.0 Å². The van der Waals surface area contributed by atoms with Crippen LogP contribution in [0.2, 0.25) is 0 Å². The minimum Gasteiger partial charge on any atom is -0.310 e. The molecule has 12 aromatic carbocycles. The summed E-state index contributed by atoms with van der Waals surface area (Å²) < 4.78 is 4.82. The molecule has 0 saturated carbocycles. The lowest BCUT2D eigenvalue weighted by Crippen LogP contribution is -2.20. The average Bonchev–Trinajstić information content (AvgIpc) is 4.08. The van der Waals surface area contributed by atoms with Crippen LogP contribution in [0.5, 0.6) is 0 Å². The molecule has 1 aliphatic rings. The van der Waals surface area contributed by atoms with Crippen molar-refractivity contribution in [3.05, 3.63) is 272 Å². The second kappa shape index (κ2) is 16.3. The minimum atomic E-state index is -0.211. The predicted molar refractivity (Wildman–Crippen MR) is 313 cm³/mol. The van der Waals surface area contributed by atoms with E-state index in [1.165, 1.54) is 115 Å². The highest BCUT2D eigenvalue weighted by molar-refractivity contribution is 6.23. The molecule has 2 aromatic heterocycles. The summed E-state index contributed by atoms with van der Waals surface area (Å²) in [5, 5.41) is 10.1. The molecule has 0 bridgehead atoms. The molecule has 0 saturated heterocycles. The third-order valence-electron chi connectivity index (χ3n) is 16.1. The number of anilines is 3. The van der Waals surface area contributed by atoms with Crippen molar-refractivity contribution in [3.63, 3.8) is 0 Å². The quantitative estimate of drug-likeness (QED) is 0.155.